The van der Waals surface area contributed by atoms with Crippen molar-refractivity contribution >= 4 is 0 Å². The van der Waals surface area contributed by atoms with E-state index in [1.807, 2.05) is 0 Å². The molecule has 19 heavy (non-hydrogen) atoms. The summed E-state index contributed by atoms with van der Waals surface area (Å²) in [5.41, 5.74) is 6.56. The summed E-state index contributed by atoms with van der Waals surface area (Å²) in [6.07, 6.45) is 0.445. The standard InChI is InChI=1S/C15H14F3N/c16-12-5-6-15(18)11(7-12)9-13(19)8-10-3-1-2-4-14(10)17/h1-7,13H,8-9,19H2. The number of hydrogen-bond acceptors (Lipinski definition) is 1. The molecular formula is C15H14F3N. The van der Waals surface area contributed by atoms with Gasteiger partial charge in [0.15, 0.2) is 0 Å². The lowest BCUT2D eigenvalue weighted by molar-refractivity contribution is 0.555. The summed E-state index contributed by atoms with van der Waals surface area (Å²) in [5, 5.41) is 0. The Hall–Kier alpha value is -1.81. The third-order valence-electron chi connectivity index (χ3n) is 2.93. The molecule has 0 aromatic heterocycles. The van der Waals surface area contributed by atoms with Gasteiger partial charge >= 0.3 is 0 Å². The van der Waals surface area contributed by atoms with Gasteiger partial charge < -0.3 is 5.73 Å². The van der Waals surface area contributed by atoms with Gasteiger partial charge in [-0.1, -0.05) is 18.2 Å². The quantitative estimate of drug-likeness (QED) is 0.902. The van der Waals surface area contributed by atoms with Crippen molar-refractivity contribution < 1.29 is 13.2 Å². The van der Waals surface area contributed by atoms with E-state index in [0.29, 0.717) is 5.56 Å². The molecule has 0 spiro atoms. The Balaban J connectivity index is 2.07. The lowest BCUT2D eigenvalue weighted by atomic mass is 9.99. The van der Waals surface area contributed by atoms with Crippen LogP contribution in [0.1, 0.15) is 11.1 Å². The van der Waals surface area contributed by atoms with Crippen LogP contribution in [0, 0.1) is 17.5 Å². The summed E-state index contributed by atoms with van der Waals surface area (Å²) in [4.78, 5) is 0. The van der Waals surface area contributed by atoms with Crippen molar-refractivity contribution in [2.45, 2.75) is 18.9 Å². The van der Waals surface area contributed by atoms with Crippen LogP contribution in [0.15, 0.2) is 42.5 Å². The van der Waals surface area contributed by atoms with E-state index in [4.69, 9.17) is 5.73 Å². The van der Waals surface area contributed by atoms with Crippen LogP contribution in [0.2, 0.25) is 0 Å². The van der Waals surface area contributed by atoms with Gasteiger partial charge in [-0.15, -0.1) is 0 Å². The average molecular weight is 265 g/mol. The lowest BCUT2D eigenvalue weighted by Crippen LogP contribution is -2.26. The van der Waals surface area contributed by atoms with Crippen LogP contribution < -0.4 is 5.73 Å². The van der Waals surface area contributed by atoms with Crippen molar-refractivity contribution in [2.75, 3.05) is 0 Å². The van der Waals surface area contributed by atoms with Crippen LogP contribution in [-0.2, 0) is 12.8 Å². The molecule has 0 aliphatic carbocycles. The topological polar surface area (TPSA) is 26.0 Å². The zero-order valence-electron chi connectivity index (χ0n) is 10.2. The van der Waals surface area contributed by atoms with E-state index >= 15 is 0 Å². The molecular weight excluding hydrogens is 251 g/mol. The molecule has 4 heteroatoms. The van der Waals surface area contributed by atoms with Gasteiger partial charge in [0.1, 0.15) is 17.5 Å². The first kappa shape index (κ1) is 13.6. The van der Waals surface area contributed by atoms with E-state index in [0.717, 1.165) is 18.2 Å². The van der Waals surface area contributed by atoms with E-state index in [1.54, 1.807) is 18.2 Å². The third kappa shape index (κ3) is 3.58. The monoisotopic (exact) mass is 265 g/mol. The number of nitrogens with two attached hydrogens (primary N) is 1. The van der Waals surface area contributed by atoms with Crippen molar-refractivity contribution in [3.8, 4) is 0 Å². The van der Waals surface area contributed by atoms with E-state index in [-0.39, 0.29) is 24.2 Å². The fraction of sp³-hybridized carbons (Fsp3) is 0.200. The number of halogens is 3. The first-order chi connectivity index (χ1) is 9.06. The van der Waals surface area contributed by atoms with Crippen molar-refractivity contribution in [2.24, 2.45) is 5.73 Å². The summed E-state index contributed by atoms with van der Waals surface area (Å²) in [5.74, 6) is -1.34. The molecule has 2 aromatic carbocycles. The molecule has 0 amide bonds. The number of hydrogen-bond donors (Lipinski definition) is 1. The van der Waals surface area contributed by atoms with Crippen molar-refractivity contribution in [3.63, 3.8) is 0 Å². The highest BCUT2D eigenvalue weighted by molar-refractivity contribution is 5.22. The fourth-order valence-corrected chi connectivity index (χ4v) is 2.00. The number of benzene rings is 2. The normalized spacial score (nSPS) is 12.4. The van der Waals surface area contributed by atoms with E-state index in [2.05, 4.69) is 0 Å². The van der Waals surface area contributed by atoms with Gasteiger partial charge in [-0.05, 0) is 48.2 Å². The Labute approximate surface area is 109 Å². The SMILES string of the molecule is NC(Cc1ccccc1F)Cc1cc(F)ccc1F. The van der Waals surface area contributed by atoms with Crippen molar-refractivity contribution in [3.05, 3.63) is 71.0 Å². The molecule has 100 valence electrons. The summed E-state index contributed by atoms with van der Waals surface area (Å²) in [6.45, 7) is 0. The van der Waals surface area contributed by atoms with Crippen LogP contribution in [0.3, 0.4) is 0 Å². The van der Waals surface area contributed by atoms with Crippen LogP contribution >= 0.6 is 0 Å². The van der Waals surface area contributed by atoms with Gasteiger partial charge in [0.2, 0.25) is 0 Å². The molecule has 0 fully saturated rings. The highest BCUT2D eigenvalue weighted by Gasteiger charge is 2.12. The summed E-state index contributed by atoms with van der Waals surface area (Å²) < 4.78 is 39.9. The molecule has 0 bridgehead atoms. The second-order valence-electron chi connectivity index (χ2n) is 4.50. The predicted molar refractivity (Wildman–Crippen MR) is 68.1 cm³/mol. The third-order valence-corrected chi connectivity index (χ3v) is 2.93. The maximum atomic E-state index is 13.5. The van der Waals surface area contributed by atoms with Crippen LogP contribution in [0.5, 0.6) is 0 Å². The first-order valence-electron chi connectivity index (χ1n) is 5.99. The van der Waals surface area contributed by atoms with Gasteiger partial charge in [0.25, 0.3) is 0 Å². The minimum Gasteiger partial charge on any atom is -0.327 e. The van der Waals surface area contributed by atoms with Crippen molar-refractivity contribution in [1.29, 1.82) is 0 Å². The highest BCUT2D eigenvalue weighted by Crippen LogP contribution is 2.14. The smallest absolute Gasteiger partial charge is 0.126 e. The average Bonchev–Trinajstić information content (AvgIpc) is 2.37. The minimum absolute atomic E-state index is 0.165. The number of rotatable bonds is 4. The Morgan fingerprint density at radius 1 is 0.842 bits per heavy atom. The Morgan fingerprint density at radius 2 is 1.47 bits per heavy atom. The molecule has 1 nitrogen and oxygen atoms in total. The second-order valence-corrected chi connectivity index (χ2v) is 4.50. The molecule has 2 aromatic rings. The Kier molecular flexibility index (Phi) is 4.22. The predicted octanol–water partition coefficient (Wildman–Crippen LogP) is 3.22. The van der Waals surface area contributed by atoms with E-state index in [9.17, 15) is 13.2 Å². The van der Waals surface area contributed by atoms with Crippen LogP contribution in [0.25, 0.3) is 0 Å². The highest BCUT2D eigenvalue weighted by atomic mass is 19.1. The molecule has 0 saturated heterocycles. The fourth-order valence-electron chi connectivity index (χ4n) is 2.00. The molecule has 2 rings (SSSR count). The molecule has 2 N–H and O–H groups in total. The molecule has 0 aliphatic rings. The molecule has 1 atom stereocenters. The molecule has 0 aliphatic heterocycles. The Bertz CT molecular complexity index is 569. The van der Waals surface area contributed by atoms with Gasteiger partial charge in [-0.3, -0.25) is 0 Å². The van der Waals surface area contributed by atoms with Crippen LogP contribution in [-0.4, -0.2) is 6.04 Å². The van der Waals surface area contributed by atoms with E-state index in [1.165, 1.54) is 6.07 Å². The van der Waals surface area contributed by atoms with E-state index < -0.39 is 17.7 Å². The first-order valence-corrected chi connectivity index (χ1v) is 5.99. The van der Waals surface area contributed by atoms with Gasteiger partial charge in [0.05, 0.1) is 0 Å². The molecule has 1 unspecified atom stereocenters. The summed E-state index contributed by atoms with van der Waals surface area (Å²) in [6, 6.07) is 9.08. The maximum Gasteiger partial charge on any atom is 0.126 e. The zero-order valence-corrected chi connectivity index (χ0v) is 10.2. The summed E-state index contributed by atoms with van der Waals surface area (Å²) >= 11 is 0. The van der Waals surface area contributed by atoms with Crippen LogP contribution in [0.4, 0.5) is 13.2 Å². The molecule has 0 radical (unpaired) electrons. The second kappa shape index (κ2) is 5.89. The largest absolute Gasteiger partial charge is 0.327 e. The molecule has 0 heterocycles. The molecule has 0 saturated carbocycles. The zero-order chi connectivity index (χ0) is 13.8. The van der Waals surface area contributed by atoms with Gasteiger partial charge in [-0.25, -0.2) is 13.2 Å². The Morgan fingerprint density at radius 3 is 2.21 bits per heavy atom. The lowest BCUT2D eigenvalue weighted by Gasteiger charge is -2.13. The minimum atomic E-state index is -0.505. The summed E-state index contributed by atoms with van der Waals surface area (Å²) in [7, 11) is 0. The maximum absolute atomic E-state index is 13.5. The van der Waals surface area contributed by atoms with Gasteiger partial charge in [0, 0.05) is 6.04 Å². The van der Waals surface area contributed by atoms with Crippen molar-refractivity contribution in [1.82, 2.24) is 0 Å². The van der Waals surface area contributed by atoms with Gasteiger partial charge in [-0.2, -0.15) is 0 Å².